The Balaban J connectivity index is 1.73. The van der Waals surface area contributed by atoms with Crippen LogP contribution in [-0.4, -0.2) is 12.4 Å². The number of fused-ring (bicyclic) bond motifs is 3. The van der Waals surface area contributed by atoms with Gasteiger partial charge in [-0.3, -0.25) is 0 Å². The van der Waals surface area contributed by atoms with Crippen LogP contribution in [0.4, 0.5) is 0 Å². The highest BCUT2D eigenvalue weighted by Crippen LogP contribution is 2.37. The fourth-order valence-electron chi connectivity index (χ4n) is 2.72. The van der Waals surface area contributed by atoms with Crippen LogP contribution in [0, 0.1) is 0 Å². The quantitative estimate of drug-likeness (QED) is 0.571. The Morgan fingerprint density at radius 3 is 2.79 bits per heavy atom. The van der Waals surface area contributed by atoms with Gasteiger partial charge in [-0.25, -0.2) is 4.79 Å². The van der Waals surface area contributed by atoms with Crippen LogP contribution in [0.1, 0.15) is 5.56 Å². The van der Waals surface area contributed by atoms with Crippen molar-refractivity contribution < 1.29 is 9.15 Å². The fourth-order valence-corrected chi connectivity index (χ4v) is 4.26. The molecular weight excluding hydrogens is 388 g/mol. The Morgan fingerprint density at radius 2 is 1.92 bits per heavy atom. The number of thioether (sulfide) groups is 1. The molecule has 1 aliphatic rings. The molecule has 3 aromatic rings. The fraction of sp³-hybridized carbons (Fsp3) is 0.105. The lowest BCUT2D eigenvalue weighted by Gasteiger charge is -2.18. The number of ether oxygens (including phenoxy) is 1. The summed E-state index contributed by atoms with van der Waals surface area (Å²) in [7, 11) is 0. The second-order valence-corrected chi connectivity index (χ2v) is 7.23. The summed E-state index contributed by atoms with van der Waals surface area (Å²) in [5.41, 5.74) is 1.82. The third-order valence-electron chi connectivity index (χ3n) is 3.86. The van der Waals surface area contributed by atoms with Crippen molar-refractivity contribution in [3.8, 4) is 5.75 Å². The first kappa shape index (κ1) is 15.5. The van der Waals surface area contributed by atoms with Crippen molar-refractivity contribution in [1.82, 2.24) is 0 Å². The van der Waals surface area contributed by atoms with E-state index in [4.69, 9.17) is 9.15 Å². The van der Waals surface area contributed by atoms with Gasteiger partial charge in [0.15, 0.2) is 0 Å². The summed E-state index contributed by atoms with van der Waals surface area (Å²) >= 11 is 5.13. The van der Waals surface area contributed by atoms with Crippen molar-refractivity contribution >= 4 is 44.2 Å². The normalized spacial score (nSPS) is 13.5. The van der Waals surface area contributed by atoms with Gasteiger partial charge in [-0.15, -0.1) is 11.8 Å². The minimum atomic E-state index is -0.308. The second-order valence-electron chi connectivity index (χ2n) is 5.35. The van der Waals surface area contributed by atoms with Crippen LogP contribution in [0.15, 0.2) is 73.2 Å². The van der Waals surface area contributed by atoms with Crippen molar-refractivity contribution in [2.75, 3.05) is 12.4 Å². The third-order valence-corrected chi connectivity index (χ3v) is 5.57. The SMILES string of the molecule is O=c1oc2ccccc2c2c1C(COc1ccccc1Br)=CCS2. The summed E-state index contributed by atoms with van der Waals surface area (Å²) < 4.78 is 12.3. The Hall–Kier alpha value is -1.98. The number of hydrogen-bond acceptors (Lipinski definition) is 4. The summed E-state index contributed by atoms with van der Waals surface area (Å²) in [6, 6.07) is 15.3. The van der Waals surface area contributed by atoms with Gasteiger partial charge in [0.2, 0.25) is 0 Å². The van der Waals surface area contributed by atoms with Gasteiger partial charge in [0.1, 0.15) is 17.9 Å². The lowest BCUT2D eigenvalue weighted by Crippen LogP contribution is -2.15. The van der Waals surface area contributed by atoms with Gasteiger partial charge < -0.3 is 9.15 Å². The van der Waals surface area contributed by atoms with Crippen LogP contribution in [0.3, 0.4) is 0 Å². The standard InChI is InChI=1S/C19H13BrO3S/c20-14-6-2-4-8-16(14)22-11-12-9-10-24-18-13-5-1-3-7-15(13)23-19(21)17(12)18/h1-9H,10-11H2. The molecule has 0 fully saturated rings. The summed E-state index contributed by atoms with van der Waals surface area (Å²) in [4.78, 5) is 13.5. The average Bonchev–Trinajstić information content (AvgIpc) is 2.61. The molecule has 0 saturated carbocycles. The van der Waals surface area contributed by atoms with Gasteiger partial charge in [0.25, 0.3) is 0 Å². The van der Waals surface area contributed by atoms with E-state index >= 15 is 0 Å². The van der Waals surface area contributed by atoms with E-state index in [9.17, 15) is 4.79 Å². The number of rotatable bonds is 3. The van der Waals surface area contributed by atoms with Crippen molar-refractivity contribution in [2.24, 2.45) is 0 Å². The number of para-hydroxylation sites is 2. The molecule has 120 valence electrons. The van der Waals surface area contributed by atoms with Crippen LogP contribution in [-0.2, 0) is 0 Å². The number of benzene rings is 2. The van der Waals surface area contributed by atoms with Gasteiger partial charge in [0.05, 0.1) is 10.0 Å². The monoisotopic (exact) mass is 400 g/mol. The molecule has 2 heterocycles. The molecule has 0 aliphatic carbocycles. The van der Waals surface area contributed by atoms with E-state index in [1.54, 1.807) is 11.8 Å². The smallest absolute Gasteiger partial charge is 0.345 e. The first-order valence-corrected chi connectivity index (χ1v) is 9.27. The molecule has 0 atom stereocenters. The Kier molecular flexibility index (Phi) is 4.21. The van der Waals surface area contributed by atoms with Crippen molar-refractivity contribution in [3.63, 3.8) is 0 Å². The Morgan fingerprint density at radius 1 is 1.12 bits per heavy atom. The van der Waals surface area contributed by atoms with Gasteiger partial charge >= 0.3 is 5.63 Å². The van der Waals surface area contributed by atoms with Gasteiger partial charge in [-0.2, -0.15) is 0 Å². The van der Waals surface area contributed by atoms with E-state index in [-0.39, 0.29) is 5.63 Å². The molecule has 0 spiro atoms. The molecule has 1 aliphatic heterocycles. The minimum Gasteiger partial charge on any atom is -0.488 e. The highest BCUT2D eigenvalue weighted by Gasteiger charge is 2.22. The molecule has 2 aromatic carbocycles. The molecule has 0 radical (unpaired) electrons. The highest BCUT2D eigenvalue weighted by molar-refractivity contribution is 9.10. The molecule has 3 nitrogen and oxygen atoms in total. The Labute approximate surface area is 151 Å². The summed E-state index contributed by atoms with van der Waals surface area (Å²) in [5, 5.41) is 0.976. The van der Waals surface area contributed by atoms with Crippen LogP contribution in [0.2, 0.25) is 0 Å². The molecule has 24 heavy (non-hydrogen) atoms. The first-order valence-electron chi connectivity index (χ1n) is 7.49. The van der Waals surface area contributed by atoms with Crippen LogP contribution < -0.4 is 10.4 Å². The molecule has 0 amide bonds. The first-order chi connectivity index (χ1) is 11.7. The molecule has 0 saturated heterocycles. The highest BCUT2D eigenvalue weighted by atomic mass is 79.9. The molecule has 1 aromatic heterocycles. The number of hydrogen-bond donors (Lipinski definition) is 0. The Bertz CT molecular complexity index is 1010. The van der Waals surface area contributed by atoms with Crippen molar-refractivity contribution in [2.45, 2.75) is 4.90 Å². The zero-order valence-electron chi connectivity index (χ0n) is 12.6. The van der Waals surface area contributed by atoms with Gasteiger partial charge in [-0.1, -0.05) is 36.4 Å². The second kappa shape index (κ2) is 6.49. The maximum Gasteiger partial charge on any atom is 0.345 e. The third kappa shape index (κ3) is 2.78. The maximum atomic E-state index is 12.5. The van der Waals surface area contributed by atoms with Crippen LogP contribution in [0.5, 0.6) is 5.75 Å². The summed E-state index contributed by atoms with van der Waals surface area (Å²) in [6.45, 7) is 0.333. The summed E-state index contributed by atoms with van der Waals surface area (Å²) in [6.07, 6.45) is 2.04. The van der Waals surface area contributed by atoms with E-state index in [1.165, 1.54) is 0 Å². The average molecular weight is 401 g/mol. The van der Waals surface area contributed by atoms with Crippen LogP contribution >= 0.6 is 27.7 Å². The van der Waals surface area contributed by atoms with E-state index in [0.717, 1.165) is 31.8 Å². The molecule has 5 heteroatoms. The molecule has 0 bridgehead atoms. The number of halogens is 1. The zero-order valence-corrected chi connectivity index (χ0v) is 15.0. The van der Waals surface area contributed by atoms with Gasteiger partial charge in [0, 0.05) is 21.6 Å². The predicted molar refractivity (Wildman–Crippen MR) is 101 cm³/mol. The molecule has 0 unspecified atom stereocenters. The van der Waals surface area contributed by atoms with Gasteiger partial charge in [-0.05, 0) is 34.1 Å². The topological polar surface area (TPSA) is 39.4 Å². The zero-order chi connectivity index (χ0) is 16.5. The molecule has 4 rings (SSSR count). The lowest BCUT2D eigenvalue weighted by atomic mass is 10.1. The van der Waals surface area contributed by atoms with Crippen LogP contribution in [0.25, 0.3) is 16.5 Å². The van der Waals surface area contributed by atoms with Crippen molar-refractivity contribution in [1.29, 1.82) is 0 Å². The molecular formula is C19H13BrO3S. The molecule has 0 N–H and O–H groups in total. The van der Waals surface area contributed by atoms with E-state index in [2.05, 4.69) is 15.9 Å². The van der Waals surface area contributed by atoms with Crippen molar-refractivity contribution in [3.05, 3.63) is 75.1 Å². The maximum absolute atomic E-state index is 12.5. The largest absolute Gasteiger partial charge is 0.488 e. The van der Waals surface area contributed by atoms with E-state index in [1.807, 2.05) is 54.6 Å². The van der Waals surface area contributed by atoms with E-state index < -0.39 is 0 Å². The lowest BCUT2D eigenvalue weighted by molar-refractivity contribution is 0.366. The summed E-state index contributed by atoms with van der Waals surface area (Å²) in [5.74, 6) is 1.57. The predicted octanol–water partition coefficient (Wildman–Crippen LogP) is 5.12. The van der Waals surface area contributed by atoms with E-state index in [0.29, 0.717) is 17.8 Å². The minimum absolute atomic E-state index is 0.308.